The number of aryl methyl sites for hydroxylation is 1. The molecule has 1 atom stereocenters. The fraction of sp³-hybridized carbons (Fsp3) is 0.150. The number of hydrogen-bond acceptors (Lipinski definition) is 4. The van der Waals surface area contributed by atoms with E-state index in [1.54, 1.807) is 30.5 Å². The number of nitrogens with zero attached hydrogens (tertiary/aromatic N) is 2. The first-order chi connectivity index (χ1) is 12.7. The van der Waals surface area contributed by atoms with Crippen molar-refractivity contribution < 1.29 is 4.79 Å². The molecular formula is C20H18N4OS. The number of nitrogens with one attached hydrogen (secondary N) is 2. The lowest BCUT2D eigenvalue weighted by Crippen LogP contribution is -2.29. The van der Waals surface area contributed by atoms with Gasteiger partial charge in [-0.3, -0.25) is 4.79 Å². The first kappa shape index (κ1) is 16.5. The molecule has 0 aliphatic heterocycles. The van der Waals surface area contributed by atoms with Crippen molar-refractivity contribution in [1.29, 1.82) is 0 Å². The molecule has 1 aromatic carbocycles. The third kappa shape index (κ3) is 3.23. The standard InChI is InChI=1S/C20H18N4OS/c1-13-21-9-8-18(24-13)20(25)23-12-16(19-7-4-10-26-19)15-11-22-17-6-3-2-5-14(15)17/h2-11,16,22H,12H2,1H3,(H,23,25). The molecule has 0 fully saturated rings. The summed E-state index contributed by atoms with van der Waals surface area (Å²) in [6.45, 7) is 2.28. The predicted molar refractivity (Wildman–Crippen MR) is 104 cm³/mol. The van der Waals surface area contributed by atoms with Crippen molar-refractivity contribution >= 4 is 28.1 Å². The van der Waals surface area contributed by atoms with E-state index in [2.05, 4.69) is 43.8 Å². The van der Waals surface area contributed by atoms with Crippen LogP contribution in [0.3, 0.4) is 0 Å². The normalized spacial score (nSPS) is 12.2. The molecule has 0 aliphatic rings. The number of benzene rings is 1. The van der Waals surface area contributed by atoms with Crippen molar-refractivity contribution in [3.8, 4) is 0 Å². The molecule has 1 unspecified atom stereocenters. The number of thiophene rings is 1. The minimum Gasteiger partial charge on any atom is -0.361 e. The van der Waals surface area contributed by atoms with Gasteiger partial charge >= 0.3 is 0 Å². The number of aromatic amines is 1. The molecule has 4 aromatic rings. The Morgan fingerprint density at radius 1 is 1.23 bits per heavy atom. The molecule has 2 N–H and O–H groups in total. The van der Waals surface area contributed by atoms with Gasteiger partial charge in [0.05, 0.1) is 0 Å². The molecule has 1 amide bonds. The highest BCUT2D eigenvalue weighted by Crippen LogP contribution is 2.32. The van der Waals surface area contributed by atoms with Crippen molar-refractivity contribution in [2.75, 3.05) is 6.54 Å². The fourth-order valence-electron chi connectivity index (χ4n) is 3.10. The Bertz CT molecular complexity index is 1040. The Hall–Kier alpha value is -2.99. The number of hydrogen-bond donors (Lipinski definition) is 2. The van der Waals surface area contributed by atoms with Crippen LogP contribution in [0.4, 0.5) is 0 Å². The number of aromatic nitrogens is 3. The number of H-pyrrole nitrogens is 1. The highest BCUT2D eigenvalue weighted by molar-refractivity contribution is 7.10. The summed E-state index contributed by atoms with van der Waals surface area (Å²) in [6.07, 6.45) is 3.64. The summed E-state index contributed by atoms with van der Waals surface area (Å²) in [6, 6.07) is 14.0. The number of para-hydroxylation sites is 1. The lowest BCUT2D eigenvalue weighted by atomic mass is 9.96. The lowest BCUT2D eigenvalue weighted by molar-refractivity contribution is 0.0947. The molecule has 0 saturated carbocycles. The number of rotatable bonds is 5. The van der Waals surface area contributed by atoms with Crippen LogP contribution in [0, 0.1) is 6.92 Å². The average Bonchev–Trinajstić information content (AvgIpc) is 3.32. The zero-order valence-corrected chi connectivity index (χ0v) is 15.1. The topological polar surface area (TPSA) is 70.7 Å². The number of fused-ring (bicyclic) bond motifs is 1. The van der Waals surface area contributed by atoms with Gasteiger partial charge in [0.1, 0.15) is 11.5 Å². The van der Waals surface area contributed by atoms with Crippen molar-refractivity contribution in [3.05, 3.63) is 82.2 Å². The minimum absolute atomic E-state index is 0.0815. The fourth-order valence-corrected chi connectivity index (χ4v) is 3.95. The Kier molecular flexibility index (Phi) is 4.50. The maximum atomic E-state index is 12.5. The quantitative estimate of drug-likeness (QED) is 0.566. The Morgan fingerprint density at radius 2 is 2.12 bits per heavy atom. The summed E-state index contributed by atoms with van der Waals surface area (Å²) in [5.74, 6) is 0.485. The highest BCUT2D eigenvalue weighted by Gasteiger charge is 2.20. The zero-order chi connectivity index (χ0) is 17.9. The van der Waals surface area contributed by atoms with E-state index in [4.69, 9.17) is 0 Å². The van der Waals surface area contributed by atoms with Gasteiger partial charge in [-0.15, -0.1) is 11.3 Å². The van der Waals surface area contributed by atoms with Gasteiger partial charge in [0.2, 0.25) is 0 Å². The number of carbonyl (C=O) groups excluding carboxylic acids is 1. The second-order valence-corrected chi connectivity index (χ2v) is 7.04. The summed E-state index contributed by atoms with van der Waals surface area (Å²) < 4.78 is 0. The monoisotopic (exact) mass is 362 g/mol. The molecule has 130 valence electrons. The van der Waals surface area contributed by atoms with Crippen LogP contribution in [0.1, 0.15) is 32.7 Å². The van der Waals surface area contributed by atoms with Gasteiger partial charge in [-0.05, 0) is 36.1 Å². The van der Waals surface area contributed by atoms with E-state index in [-0.39, 0.29) is 11.8 Å². The summed E-state index contributed by atoms with van der Waals surface area (Å²) in [5.41, 5.74) is 2.67. The molecule has 0 aliphatic carbocycles. The van der Waals surface area contributed by atoms with Gasteiger partial charge in [0, 0.05) is 40.6 Å². The van der Waals surface area contributed by atoms with Crippen LogP contribution < -0.4 is 5.32 Å². The van der Waals surface area contributed by atoms with E-state index in [0.717, 1.165) is 5.52 Å². The minimum atomic E-state index is -0.183. The largest absolute Gasteiger partial charge is 0.361 e. The molecule has 3 heterocycles. The van der Waals surface area contributed by atoms with Crippen LogP contribution in [0.2, 0.25) is 0 Å². The van der Waals surface area contributed by atoms with E-state index < -0.39 is 0 Å². The summed E-state index contributed by atoms with van der Waals surface area (Å²) in [4.78, 5) is 25.3. The van der Waals surface area contributed by atoms with Gasteiger partial charge in [-0.1, -0.05) is 24.3 Å². The molecule has 0 radical (unpaired) electrons. The van der Waals surface area contributed by atoms with Crippen molar-refractivity contribution in [2.45, 2.75) is 12.8 Å². The zero-order valence-electron chi connectivity index (χ0n) is 14.3. The van der Waals surface area contributed by atoms with E-state index in [1.807, 2.05) is 24.4 Å². The molecule has 0 bridgehead atoms. The van der Waals surface area contributed by atoms with Crippen molar-refractivity contribution in [2.24, 2.45) is 0 Å². The molecule has 4 rings (SSSR count). The second kappa shape index (κ2) is 7.09. The van der Waals surface area contributed by atoms with Crippen LogP contribution in [-0.4, -0.2) is 27.4 Å². The SMILES string of the molecule is Cc1nccc(C(=O)NCC(c2cccs2)c2c[nH]c3ccccc23)n1. The van der Waals surface area contributed by atoms with Gasteiger partial charge in [-0.2, -0.15) is 0 Å². The molecule has 0 spiro atoms. The van der Waals surface area contributed by atoms with Crippen LogP contribution in [0.15, 0.2) is 60.2 Å². The molecule has 3 aromatic heterocycles. The summed E-state index contributed by atoms with van der Waals surface area (Å²) >= 11 is 1.70. The Labute approximate surface area is 155 Å². The smallest absolute Gasteiger partial charge is 0.270 e. The van der Waals surface area contributed by atoms with Gasteiger partial charge in [-0.25, -0.2) is 9.97 Å². The summed E-state index contributed by atoms with van der Waals surface area (Å²) in [7, 11) is 0. The molecule has 0 saturated heterocycles. The lowest BCUT2D eigenvalue weighted by Gasteiger charge is -2.16. The average molecular weight is 362 g/mol. The third-order valence-corrected chi connectivity index (χ3v) is 5.34. The van der Waals surface area contributed by atoms with Crippen molar-refractivity contribution in [3.63, 3.8) is 0 Å². The third-order valence-electron chi connectivity index (χ3n) is 4.36. The van der Waals surface area contributed by atoms with Crippen LogP contribution in [0.5, 0.6) is 0 Å². The van der Waals surface area contributed by atoms with Gasteiger partial charge < -0.3 is 10.3 Å². The summed E-state index contributed by atoms with van der Waals surface area (Å²) in [5, 5.41) is 6.27. The maximum absolute atomic E-state index is 12.5. The van der Waals surface area contributed by atoms with Crippen LogP contribution in [-0.2, 0) is 0 Å². The van der Waals surface area contributed by atoms with Gasteiger partial charge in [0.15, 0.2) is 0 Å². The molecular weight excluding hydrogens is 344 g/mol. The van der Waals surface area contributed by atoms with E-state index in [1.165, 1.54) is 15.8 Å². The molecule has 26 heavy (non-hydrogen) atoms. The molecule has 6 heteroatoms. The van der Waals surface area contributed by atoms with Crippen LogP contribution >= 0.6 is 11.3 Å². The number of amides is 1. The van der Waals surface area contributed by atoms with E-state index >= 15 is 0 Å². The predicted octanol–water partition coefficient (Wildman–Crippen LogP) is 3.89. The second-order valence-electron chi connectivity index (χ2n) is 6.06. The Balaban J connectivity index is 1.62. The first-order valence-corrected chi connectivity index (χ1v) is 9.27. The Morgan fingerprint density at radius 3 is 2.92 bits per heavy atom. The van der Waals surface area contributed by atoms with Crippen molar-refractivity contribution in [1.82, 2.24) is 20.3 Å². The van der Waals surface area contributed by atoms with Gasteiger partial charge in [0.25, 0.3) is 5.91 Å². The highest BCUT2D eigenvalue weighted by atomic mass is 32.1. The molecule has 5 nitrogen and oxygen atoms in total. The first-order valence-electron chi connectivity index (χ1n) is 8.39. The maximum Gasteiger partial charge on any atom is 0.270 e. The van der Waals surface area contributed by atoms with E-state index in [9.17, 15) is 4.79 Å². The van der Waals surface area contributed by atoms with E-state index in [0.29, 0.717) is 18.1 Å². The van der Waals surface area contributed by atoms with Crippen LogP contribution in [0.25, 0.3) is 10.9 Å². The number of carbonyl (C=O) groups is 1.